The van der Waals surface area contributed by atoms with Crippen molar-refractivity contribution in [3.63, 3.8) is 0 Å². The monoisotopic (exact) mass is 341 g/mol. The van der Waals surface area contributed by atoms with Gasteiger partial charge in [0.05, 0.1) is 5.69 Å². The van der Waals surface area contributed by atoms with Crippen molar-refractivity contribution in [2.24, 2.45) is 0 Å². The van der Waals surface area contributed by atoms with Crippen molar-refractivity contribution in [1.82, 2.24) is 9.55 Å². The Kier molecular flexibility index (Phi) is 4.97. The van der Waals surface area contributed by atoms with Crippen LogP contribution in [0.25, 0.3) is 10.9 Å². The van der Waals surface area contributed by atoms with Crippen LogP contribution in [0.3, 0.4) is 0 Å². The quantitative estimate of drug-likeness (QED) is 0.472. The molecule has 3 heteroatoms. The molecule has 0 unspecified atom stereocenters. The zero-order valence-corrected chi connectivity index (χ0v) is 14.8. The van der Waals surface area contributed by atoms with Gasteiger partial charge in [0.15, 0.2) is 0 Å². The third-order valence-corrected chi connectivity index (χ3v) is 4.68. The maximum atomic E-state index is 4.14. The van der Waals surface area contributed by atoms with E-state index < -0.39 is 0 Å². The lowest BCUT2D eigenvalue weighted by molar-refractivity contribution is 0.816. The molecule has 2 heterocycles. The second kappa shape index (κ2) is 7.87. The van der Waals surface area contributed by atoms with Crippen molar-refractivity contribution in [2.75, 3.05) is 11.9 Å². The fourth-order valence-corrected chi connectivity index (χ4v) is 3.41. The largest absolute Gasteiger partial charge is 0.384 e. The molecule has 0 saturated heterocycles. The Morgan fingerprint density at radius 1 is 0.885 bits per heavy atom. The first-order chi connectivity index (χ1) is 12.9. The van der Waals surface area contributed by atoms with Gasteiger partial charge in [-0.05, 0) is 42.2 Å². The lowest BCUT2D eigenvalue weighted by Gasteiger charge is -2.05. The summed E-state index contributed by atoms with van der Waals surface area (Å²) >= 11 is 0. The molecule has 130 valence electrons. The number of para-hydroxylation sites is 1. The second-order valence-electron chi connectivity index (χ2n) is 6.56. The van der Waals surface area contributed by atoms with Gasteiger partial charge in [0.25, 0.3) is 0 Å². The number of nitrogens with one attached hydrogen (secondary N) is 1. The molecule has 26 heavy (non-hydrogen) atoms. The third-order valence-electron chi connectivity index (χ3n) is 4.68. The summed E-state index contributed by atoms with van der Waals surface area (Å²) in [6.07, 6.45) is 8.14. The van der Waals surface area contributed by atoms with Crippen LogP contribution < -0.4 is 5.32 Å². The fraction of sp³-hybridized carbons (Fsp3) is 0.174. The van der Waals surface area contributed by atoms with Crippen LogP contribution in [0.2, 0.25) is 0 Å². The lowest BCUT2D eigenvalue weighted by Crippen LogP contribution is -2.03. The van der Waals surface area contributed by atoms with Crippen LogP contribution in [0.15, 0.2) is 85.3 Å². The molecular formula is C23H23N3. The van der Waals surface area contributed by atoms with Crippen molar-refractivity contribution in [2.45, 2.75) is 19.4 Å². The van der Waals surface area contributed by atoms with E-state index in [0.29, 0.717) is 0 Å². The van der Waals surface area contributed by atoms with Crippen molar-refractivity contribution in [3.05, 3.63) is 96.4 Å². The molecular weight excluding hydrogens is 318 g/mol. The van der Waals surface area contributed by atoms with Crippen LogP contribution in [-0.4, -0.2) is 16.1 Å². The summed E-state index contributed by atoms with van der Waals surface area (Å²) in [5, 5.41) is 4.81. The topological polar surface area (TPSA) is 29.9 Å². The predicted octanol–water partition coefficient (Wildman–Crippen LogP) is 5.13. The van der Waals surface area contributed by atoms with E-state index in [1.807, 2.05) is 12.3 Å². The van der Waals surface area contributed by atoms with Gasteiger partial charge in [-0.15, -0.1) is 0 Å². The molecule has 0 spiro atoms. The smallest absolute Gasteiger partial charge is 0.0526 e. The van der Waals surface area contributed by atoms with Gasteiger partial charge >= 0.3 is 0 Å². The maximum Gasteiger partial charge on any atom is 0.0526 e. The normalized spacial score (nSPS) is 10.9. The van der Waals surface area contributed by atoms with E-state index >= 15 is 0 Å². The molecule has 0 aliphatic rings. The van der Waals surface area contributed by atoms with Gasteiger partial charge in [0.1, 0.15) is 0 Å². The highest BCUT2D eigenvalue weighted by Crippen LogP contribution is 2.23. The molecule has 0 bridgehead atoms. The number of fused-ring (bicyclic) bond motifs is 1. The Labute approximate surface area is 154 Å². The molecule has 3 nitrogen and oxygen atoms in total. The van der Waals surface area contributed by atoms with Gasteiger partial charge in [0, 0.05) is 42.6 Å². The molecule has 0 amide bonds. The number of aromatic nitrogens is 2. The first-order valence-electron chi connectivity index (χ1n) is 9.15. The summed E-state index contributed by atoms with van der Waals surface area (Å²) < 4.78 is 2.37. The molecule has 4 aromatic rings. The number of hydrogen-bond acceptors (Lipinski definition) is 2. The van der Waals surface area contributed by atoms with E-state index in [-0.39, 0.29) is 0 Å². The minimum atomic E-state index is 0.912. The van der Waals surface area contributed by atoms with Gasteiger partial charge in [-0.25, -0.2) is 0 Å². The van der Waals surface area contributed by atoms with Gasteiger partial charge in [-0.1, -0.05) is 48.5 Å². The van der Waals surface area contributed by atoms with E-state index in [0.717, 1.165) is 31.6 Å². The SMILES string of the molecule is c1ccc(Cn2cc(CCCNc3cccnc3)c3ccccc32)cc1. The van der Waals surface area contributed by atoms with Crippen LogP contribution in [0.1, 0.15) is 17.5 Å². The first kappa shape index (κ1) is 16.4. The highest BCUT2D eigenvalue weighted by atomic mass is 15.0. The van der Waals surface area contributed by atoms with E-state index in [1.165, 1.54) is 22.0 Å². The molecule has 2 aromatic carbocycles. The molecule has 1 N–H and O–H groups in total. The number of rotatable bonds is 7. The number of pyridine rings is 1. The predicted molar refractivity (Wildman–Crippen MR) is 109 cm³/mol. The molecule has 0 fully saturated rings. The van der Waals surface area contributed by atoms with E-state index in [9.17, 15) is 0 Å². The summed E-state index contributed by atoms with van der Waals surface area (Å²) in [5.74, 6) is 0. The van der Waals surface area contributed by atoms with Crippen LogP contribution in [0, 0.1) is 0 Å². The Balaban J connectivity index is 1.47. The number of benzene rings is 2. The highest BCUT2D eigenvalue weighted by molar-refractivity contribution is 5.84. The van der Waals surface area contributed by atoms with Gasteiger partial charge in [0.2, 0.25) is 0 Å². The number of aryl methyl sites for hydroxylation is 1. The molecule has 0 aliphatic heterocycles. The molecule has 0 radical (unpaired) electrons. The van der Waals surface area contributed by atoms with Crippen molar-refractivity contribution in [1.29, 1.82) is 0 Å². The minimum absolute atomic E-state index is 0.912. The number of anilines is 1. The van der Waals surface area contributed by atoms with E-state index in [4.69, 9.17) is 0 Å². The summed E-state index contributed by atoms with van der Waals surface area (Å²) in [7, 11) is 0. The highest BCUT2D eigenvalue weighted by Gasteiger charge is 2.08. The average molecular weight is 341 g/mol. The summed E-state index contributed by atoms with van der Waals surface area (Å²) in [5.41, 5.74) is 5.15. The molecule has 0 atom stereocenters. The summed E-state index contributed by atoms with van der Waals surface area (Å²) in [4.78, 5) is 4.14. The van der Waals surface area contributed by atoms with Gasteiger partial charge in [-0.2, -0.15) is 0 Å². The van der Waals surface area contributed by atoms with Crippen LogP contribution in [0.4, 0.5) is 5.69 Å². The molecule has 0 aliphatic carbocycles. The fourth-order valence-electron chi connectivity index (χ4n) is 3.41. The Bertz CT molecular complexity index is 959. The third kappa shape index (κ3) is 3.77. The average Bonchev–Trinajstić information content (AvgIpc) is 3.05. The van der Waals surface area contributed by atoms with Gasteiger partial charge in [-0.3, -0.25) is 4.98 Å². The van der Waals surface area contributed by atoms with E-state index in [1.54, 1.807) is 6.20 Å². The van der Waals surface area contributed by atoms with Crippen molar-refractivity contribution >= 4 is 16.6 Å². The number of nitrogens with zero attached hydrogens (tertiary/aromatic N) is 2. The second-order valence-corrected chi connectivity index (χ2v) is 6.56. The Morgan fingerprint density at radius 3 is 2.58 bits per heavy atom. The standard InChI is InChI=1S/C23H23N3/c1-2-8-19(9-3-1)17-26-18-20(22-12-4-5-13-23(22)26)10-6-15-25-21-11-7-14-24-16-21/h1-5,7-9,11-14,16,18,25H,6,10,15,17H2. The van der Waals surface area contributed by atoms with E-state index in [2.05, 4.69) is 81.7 Å². The Hall–Kier alpha value is -3.07. The van der Waals surface area contributed by atoms with Gasteiger partial charge < -0.3 is 9.88 Å². The Morgan fingerprint density at radius 2 is 1.73 bits per heavy atom. The summed E-state index contributed by atoms with van der Waals surface area (Å²) in [6.45, 7) is 1.86. The molecule has 2 aromatic heterocycles. The van der Waals surface area contributed by atoms with Crippen molar-refractivity contribution in [3.8, 4) is 0 Å². The van der Waals surface area contributed by atoms with Crippen LogP contribution >= 0.6 is 0 Å². The van der Waals surface area contributed by atoms with Crippen molar-refractivity contribution < 1.29 is 0 Å². The maximum absolute atomic E-state index is 4.14. The summed E-state index contributed by atoms with van der Waals surface area (Å²) in [6, 6.07) is 23.4. The van der Waals surface area contributed by atoms with Crippen LogP contribution in [-0.2, 0) is 13.0 Å². The minimum Gasteiger partial charge on any atom is -0.384 e. The molecule has 4 rings (SSSR count). The number of hydrogen-bond donors (Lipinski definition) is 1. The van der Waals surface area contributed by atoms with Crippen LogP contribution in [0.5, 0.6) is 0 Å². The zero-order valence-electron chi connectivity index (χ0n) is 14.8. The lowest BCUT2D eigenvalue weighted by atomic mass is 10.1. The zero-order chi connectivity index (χ0) is 17.6. The molecule has 0 saturated carbocycles. The first-order valence-corrected chi connectivity index (χ1v) is 9.15.